The summed E-state index contributed by atoms with van der Waals surface area (Å²) in [6.45, 7) is 2.48. The summed E-state index contributed by atoms with van der Waals surface area (Å²) in [7, 11) is 8.20. The van der Waals surface area contributed by atoms with E-state index in [2.05, 4.69) is 16.8 Å². The van der Waals surface area contributed by atoms with Gasteiger partial charge in [-0.25, -0.2) is 4.39 Å². The molecule has 3 heterocycles. The second-order valence-corrected chi connectivity index (χ2v) is 11.7. The van der Waals surface area contributed by atoms with Gasteiger partial charge in [0.1, 0.15) is 5.69 Å². The molecule has 3 fully saturated rings. The lowest BCUT2D eigenvalue weighted by Crippen LogP contribution is -2.42. The van der Waals surface area contributed by atoms with Gasteiger partial charge in [-0.1, -0.05) is 6.08 Å². The third-order valence-corrected chi connectivity index (χ3v) is 9.10. The van der Waals surface area contributed by atoms with E-state index in [1.165, 1.54) is 40.6 Å². The van der Waals surface area contributed by atoms with Crippen LogP contribution in [-0.4, -0.2) is 76.4 Å². The standard InChI is InChI=1S/C33H38FN3O6/c1-35-12-6-7-20-16-36(18-25(20)35)30-24(34)15-22-29(33(30)43-5)37(21-9-10-21)17-23(31(22)39)26(38)11-8-19-13-27(40-2)32(42-4)28(14-19)41-3/h8,11,13-15,17,20-21,25H,6-7,9-10,12,16,18H2,1-5H3/b11-8+. The third-order valence-electron chi connectivity index (χ3n) is 9.10. The van der Waals surface area contributed by atoms with Crippen molar-refractivity contribution in [3.63, 3.8) is 0 Å². The van der Waals surface area contributed by atoms with Crippen LogP contribution in [-0.2, 0) is 0 Å². The number of carbonyl (C=O) groups is 1. The van der Waals surface area contributed by atoms with E-state index in [0.29, 0.717) is 58.3 Å². The number of hydrogen-bond acceptors (Lipinski definition) is 8. The lowest BCUT2D eigenvalue weighted by molar-refractivity contribution is 0.104. The zero-order valence-electron chi connectivity index (χ0n) is 25.3. The fourth-order valence-electron chi connectivity index (χ4n) is 6.80. The molecule has 2 aromatic carbocycles. The van der Waals surface area contributed by atoms with E-state index < -0.39 is 17.0 Å². The second-order valence-electron chi connectivity index (χ2n) is 11.7. The van der Waals surface area contributed by atoms with Gasteiger partial charge in [0, 0.05) is 31.4 Å². The van der Waals surface area contributed by atoms with E-state index in [4.69, 9.17) is 18.9 Å². The Labute approximate surface area is 250 Å². The summed E-state index contributed by atoms with van der Waals surface area (Å²) in [6, 6.07) is 5.17. The minimum Gasteiger partial charge on any atom is -0.493 e. The largest absolute Gasteiger partial charge is 0.493 e. The molecule has 0 radical (unpaired) electrons. The molecule has 43 heavy (non-hydrogen) atoms. The highest BCUT2D eigenvalue weighted by atomic mass is 19.1. The predicted octanol–water partition coefficient (Wildman–Crippen LogP) is 4.94. The lowest BCUT2D eigenvalue weighted by atomic mass is 9.93. The van der Waals surface area contributed by atoms with Gasteiger partial charge in [0.05, 0.1) is 44.9 Å². The Balaban J connectivity index is 1.41. The number of allylic oxidation sites excluding steroid dienone is 1. The van der Waals surface area contributed by atoms with Crippen molar-refractivity contribution in [1.29, 1.82) is 0 Å². The Hall–Kier alpha value is -4.05. The number of benzene rings is 2. The number of ether oxygens (including phenoxy) is 4. The van der Waals surface area contributed by atoms with Crippen LogP contribution >= 0.6 is 0 Å². The maximum Gasteiger partial charge on any atom is 0.203 e. The molecule has 2 aliphatic heterocycles. The zero-order chi connectivity index (χ0) is 30.4. The molecule has 0 amide bonds. The summed E-state index contributed by atoms with van der Waals surface area (Å²) in [5, 5.41) is 0.144. The molecule has 1 saturated carbocycles. The van der Waals surface area contributed by atoms with Crippen molar-refractivity contribution in [2.24, 2.45) is 5.92 Å². The third kappa shape index (κ3) is 5.11. The molecule has 2 unspecified atom stereocenters. The number of nitrogens with zero attached hydrogens (tertiary/aromatic N) is 3. The molecule has 1 aliphatic carbocycles. The maximum atomic E-state index is 16.0. The minimum absolute atomic E-state index is 0.0221. The number of anilines is 1. The van der Waals surface area contributed by atoms with Crippen LogP contribution < -0.4 is 29.3 Å². The number of carbonyl (C=O) groups excluding carboxylic acids is 1. The Morgan fingerprint density at radius 2 is 1.65 bits per heavy atom. The van der Waals surface area contributed by atoms with Crippen LogP contribution in [0.2, 0.25) is 0 Å². The Bertz CT molecular complexity index is 1640. The van der Waals surface area contributed by atoms with Gasteiger partial charge in [0.25, 0.3) is 0 Å². The number of piperidine rings is 1. The molecule has 2 saturated heterocycles. The number of likely N-dealkylation sites (N-methyl/N-ethyl adjacent to an activating group) is 1. The topological polar surface area (TPSA) is 82.5 Å². The minimum atomic E-state index is -0.523. The average Bonchev–Trinajstić information content (AvgIpc) is 3.77. The number of halogens is 1. The first kappa shape index (κ1) is 29.0. The molecule has 3 aromatic rings. The number of likely N-dealkylation sites (tertiary alicyclic amines) is 1. The molecule has 0 spiro atoms. The molecule has 1 aromatic heterocycles. The highest BCUT2D eigenvalue weighted by Gasteiger charge is 2.40. The summed E-state index contributed by atoms with van der Waals surface area (Å²) in [4.78, 5) is 31.7. The Morgan fingerprint density at radius 3 is 2.26 bits per heavy atom. The molecule has 3 aliphatic rings. The molecule has 6 rings (SSSR count). The smallest absolute Gasteiger partial charge is 0.203 e. The van der Waals surface area contributed by atoms with E-state index in [-0.39, 0.29) is 17.0 Å². The van der Waals surface area contributed by atoms with Crippen LogP contribution in [0, 0.1) is 11.7 Å². The number of fused-ring (bicyclic) bond motifs is 2. The summed E-state index contributed by atoms with van der Waals surface area (Å²) < 4.78 is 40.0. The molecular weight excluding hydrogens is 553 g/mol. The van der Waals surface area contributed by atoms with E-state index in [0.717, 1.165) is 38.8 Å². The first-order valence-corrected chi connectivity index (χ1v) is 14.7. The Kier molecular flexibility index (Phi) is 7.81. The number of pyridine rings is 1. The second kappa shape index (κ2) is 11.6. The van der Waals surface area contributed by atoms with Crippen molar-refractivity contribution < 1.29 is 28.1 Å². The van der Waals surface area contributed by atoms with Crippen LogP contribution in [0.25, 0.3) is 17.0 Å². The van der Waals surface area contributed by atoms with Crippen molar-refractivity contribution in [3.8, 4) is 23.0 Å². The molecule has 0 bridgehead atoms. The van der Waals surface area contributed by atoms with Gasteiger partial charge in [-0.2, -0.15) is 0 Å². The van der Waals surface area contributed by atoms with Crippen LogP contribution in [0.5, 0.6) is 23.0 Å². The first-order valence-electron chi connectivity index (χ1n) is 14.7. The van der Waals surface area contributed by atoms with Gasteiger partial charge in [-0.3, -0.25) is 9.59 Å². The van der Waals surface area contributed by atoms with Gasteiger partial charge in [-0.15, -0.1) is 0 Å². The fourth-order valence-corrected chi connectivity index (χ4v) is 6.80. The quantitative estimate of drug-likeness (QED) is 0.256. The highest BCUT2D eigenvalue weighted by molar-refractivity contribution is 6.08. The normalized spacial score (nSPS) is 20.5. The summed E-state index contributed by atoms with van der Waals surface area (Å²) in [6.07, 6.45) is 8.60. The average molecular weight is 592 g/mol. The lowest BCUT2D eigenvalue weighted by Gasteiger charge is -2.33. The summed E-state index contributed by atoms with van der Waals surface area (Å²) in [5.41, 5.74) is 1.02. The predicted molar refractivity (Wildman–Crippen MR) is 164 cm³/mol. The van der Waals surface area contributed by atoms with E-state index in [1.54, 1.807) is 24.4 Å². The van der Waals surface area contributed by atoms with Crippen molar-refractivity contribution >= 4 is 28.4 Å². The van der Waals surface area contributed by atoms with Gasteiger partial charge in [0.15, 0.2) is 28.8 Å². The number of methoxy groups -OCH3 is 4. The van der Waals surface area contributed by atoms with Crippen molar-refractivity contribution in [1.82, 2.24) is 9.47 Å². The van der Waals surface area contributed by atoms with Crippen LogP contribution in [0.1, 0.15) is 47.6 Å². The molecule has 228 valence electrons. The molecule has 2 atom stereocenters. The molecular formula is C33H38FN3O6. The van der Waals surface area contributed by atoms with Crippen molar-refractivity contribution in [2.75, 3.05) is 60.0 Å². The van der Waals surface area contributed by atoms with Crippen molar-refractivity contribution in [2.45, 2.75) is 37.8 Å². The van der Waals surface area contributed by atoms with E-state index >= 15 is 4.39 Å². The number of aromatic nitrogens is 1. The van der Waals surface area contributed by atoms with E-state index in [9.17, 15) is 9.59 Å². The van der Waals surface area contributed by atoms with Gasteiger partial charge in [0.2, 0.25) is 11.2 Å². The number of ketones is 1. The maximum absolute atomic E-state index is 16.0. The number of rotatable bonds is 9. The zero-order valence-corrected chi connectivity index (χ0v) is 25.3. The first-order chi connectivity index (χ1) is 20.8. The SMILES string of the molecule is COc1cc(/C=C/C(=O)c2cn(C3CC3)c3c(OC)c(N4CC5CCCN(C)C5C4)c(F)cc3c2=O)cc(OC)c1OC. The molecule has 9 nitrogen and oxygen atoms in total. The summed E-state index contributed by atoms with van der Waals surface area (Å²) >= 11 is 0. The molecule has 0 N–H and O–H groups in total. The monoisotopic (exact) mass is 591 g/mol. The highest BCUT2D eigenvalue weighted by Crippen LogP contribution is 2.45. The van der Waals surface area contributed by atoms with Gasteiger partial charge < -0.3 is 33.3 Å². The van der Waals surface area contributed by atoms with Gasteiger partial charge in [-0.05, 0) is 75.0 Å². The Morgan fingerprint density at radius 1 is 0.953 bits per heavy atom. The van der Waals surface area contributed by atoms with Crippen LogP contribution in [0.4, 0.5) is 10.1 Å². The molecule has 10 heteroatoms. The number of hydrogen-bond donors (Lipinski definition) is 0. The fraction of sp³-hybridized carbons (Fsp3) is 0.455. The van der Waals surface area contributed by atoms with Gasteiger partial charge >= 0.3 is 0 Å². The van der Waals surface area contributed by atoms with Crippen LogP contribution in [0.3, 0.4) is 0 Å². The van der Waals surface area contributed by atoms with E-state index in [1.807, 2.05) is 4.57 Å². The van der Waals surface area contributed by atoms with Crippen molar-refractivity contribution in [3.05, 3.63) is 57.6 Å². The van der Waals surface area contributed by atoms with Crippen LogP contribution in [0.15, 0.2) is 35.3 Å². The summed E-state index contributed by atoms with van der Waals surface area (Å²) in [5.74, 6) is 1.14.